The maximum atomic E-state index is 12.6. The van der Waals surface area contributed by atoms with Gasteiger partial charge in [-0.15, -0.1) is 0 Å². The topological polar surface area (TPSA) is 46.2 Å². The molecule has 0 amide bonds. The summed E-state index contributed by atoms with van der Waals surface area (Å²) in [6.45, 7) is 4.07. The summed E-state index contributed by atoms with van der Waals surface area (Å²) >= 11 is 0. The van der Waals surface area contributed by atoms with Crippen molar-refractivity contribution in [1.82, 2.24) is 4.72 Å². The van der Waals surface area contributed by atoms with E-state index in [4.69, 9.17) is 0 Å². The van der Waals surface area contributed by atoms with E-state index in [1.807, 2.05) is 49.4 Å². The molecule has 2 rings (SSSR count). The Morgan fingerprint density at radius 3 is 2.26 bits per heavy atom. The van der Waals surface area contributed by atoms with Crippen LogP contribution in [-0.2, 0) is 16.4 Å². The number of unbranched alkanes of at least 4 members (excludes halogenated alkanes) is 1. The van der Waals surface area contributed by atoms with Gasteiger partial charge in [0, 0.05) is 6.04 Å². The summed E-state index contributed by atoms with van der Waals surface area (Å²) in [6.07, 6.45) is 3.62. The molecule has 0 spiro atoms. The quantitative estimate of drug-likeness (QED) is 0.792. The van der Waals surface area contributed by atoms with Crippen molar-refractivity contribution in [1.29, 1.82) is 0 Å². The molecule has 0 bridgehead atoms. The lowest BCUT2D eigenvalue weighted by molar-refractivity contribution is 0.509. The summed E-state index contributed by atoms with van der Waals surface area (Å²) < 4.78 is 28.1. The van der Waals surface area contributed by atoms with Crippen molar-refractivity contribution < 1.29 is 8.42 Å². The lowest BCUT2D eigenvalue weighted by Crippen LogP contribution is -2.36. The average molecular weight is 331 g/mol. The second-order valence-corrected chi connectivity index (χ2v) is 7.68. The van der Waals surface area contributed by atoms with Gasteiger partial charge in [0.25, 0.3) is 0 Å². The van der Waals surface area contributed by atoms with Crippen LogP contribution in [0.25, 0.3) is 0 Å². The molecule has 0 aliphatic heterocycles. The van der Waals surface area contributed by atoms with E-state index < -0.39 is 10.0 Å². The lowest BCUT2D eigenvalue weighted by Gasteiger charge is -2.19. The molecule has 124 valence electrons. The number of aryl methyl sites for hydroxylation is 1. The molecule has 0 saturated carbocycles. The molecular weight excluding hydrogens is 306 g/mol. The number of hydrogen-bond acceptors (Lipinski definition) is 2. The van der Waals surface area contributed by atoms with Gasteiger partial charge in [0.15, 0.2) is 0 Å². The van der Waals surface area contributed by atoms with Gasteiger partial charge in [-0.25, -0.2) is 13.1 Å². The van der Waals surface area contributed by atoms with Crippen molar-refractivity contribution >= 4 is 10.0 Å². The third-order valence-corrected chi connectivity index (χ3v) is 5.42. The fraction of sp³-hybridized carbons (Fsp3) is 0.368. The molecule has 2 aromatic rings. The smallest absolute Gasteiger partial charge is 0.208 e. The molecular formula is C19H25NO2S. The van der Waals surface area contributed by atoms with E-state index in [0.717, 1.165) is 30.4 Å². The predicted octanol–water partition coefficient (Wildman–Crippen LogP) is 4.07. The van der Waals surface area contributed by atoms with Gasteiger partial charge in [0.05, 0.1) is 4.90 Å². The number of nitrogens with one attached hydrogen (secondary N) is 1. The molecule has 0 aliphatic rings. The van der Waals surface area contributed by atoms with Crippen LogP contribution >= 0.6 is 0 Å². The molecule has 0 aromatic heterocycles. The Morgan fingerprint density at radius 1 is 1.00 bits per heavy atom. The molecule has 4 heteroatoms. The number of hydrogen-bond donors (Lipinski definition) is 1. The van der Waals surface area contributed by atoms with E-state index in [2.05, 4.69) is 11.6 Å². The Kier molecular flexibility index (Phi) is 6.37. The molecule has 2 aromatic carbocycles. The first-order valence-electron chi connectivity index (χ1n) is 8.14. The minimum Gasteiger partial charge on any atom is -0.208 e. The molecule has 1 atom stereocenters. The Labute approximate surface area is 139 Å². The van der Waals surface area contributed by atoms with E-state index in [-0.39, 0.29) is 6.04 Å². The van der Waals surface area contributed by atoms with Gasteiger partial charge in [-0.05, 0) is 37.5 Å². The standard InChI is InChI=1S/C19H25NO2S/c1-3-4-10-18(15-17-8-6-5-7-9-17)20-23(21,22)19-13-11-16(2)12-14-19/h5-9,11-14,18,20H,3-4,10,15H2,1-2H3/t18-/m0/s1. The van der Waals surface area contributed by atoms with Crippen molar-refractivity contribution in [2.24, 2.45) is 0 Å². The van der Waals surface area contributed by atoms with E-state index >= 15 is 0 Å². The van der Waals surface area contributed by atoms with Crippen molar-refractivity contribution in [2.75, 3.05) is 0 Å². The van der Waals surface area contributed by atoms with E-state index in [1.165, 1.54) is 0 Å². The van der Waals surface area contributed by atoms with Gasteiger partial charge >= 0.3 is 0 Å². The molecule has 0 heterocycles. The van der Waals surface area contributed by atoms with Crippen molar-refractivity contribution in [3.8, 4) is 0 Å². The monoisotopic (exact) mass is 331 g/mol. The second kappa shape index (κ2) is 8.27. The summed E-state index contributed by atoms with van der Waals surface area (Å²) in [5.41, 5.74) is 2.20. The highest BCUT2D eigenvalue weighted by Crippen LogP contribution is 2.15. The van der Waals surface area contributed by atoms with Crippen molar-refractivity contribution in [3.05, 3.63) is 65.7 Å². The zero-order valence-corrected chi connectivity index (χ0v) is 14.6. The first-order valence-corrected chi connectivity index (χ1v) is 9.62. The van der Waals surface area contributed by atoms with Crippen LogP contribution < -0.4 is 4.72 Å². The number of benzene rings is 2. The minimum absolute atomic E-state index is 0.0800. The molecule has 0 unspecified atom stereocenters. The summed E-state index contributed by atoms with van der Waals surface area (Å²) in [5, 5.41) is 0. The van der Waals surface area contributed by atoms with Crippen LogP contribution in [0.15, 0.2) is 59.5 Å². The fourth-order valence-corrected chi connectivity index (χ4v) is 3.83. The van der Waals surface area contributed by atoms with Gasteiger partial charge < -0.3 is 0 Å². The normalized spacial score (nSPS) is 13.0. The van der Waals surface area contributed by atoms with Crippen molar-refractivity contribution in [2.45, 2.75) is 50.5 Å². The largest absolute Gasteiger partial charge is 0.240 e. The molecule has 0 radical (unpaired) electrons. The first-order chi connectivity index (χ1) is 11.0. The van der Waals surface area contributed by atoms with E-state index in [0.29, 0.717) is 11.3 Å². The summed E-state index contributed by atoms with van der Waals surface area (Å²) in [5.74, 6) is 0. The first kappa shape index (κ1) is 17.7. The van der Waals surface area contributed by atoms with Gasteiger partial charge in [-0.3, -0.25) is 0 Å². The predicted molar refractivity (Wildman–Crippen MR) is 95.0 cm³/mol. The van der Waals surface area contributed by atoms with Crippen LogP contribution in [0.2, 0.25) is 0 Å². The van der Waals surface area contributed by atoms with E-state index in [9.17, 15) is 8.42 Å². The number of sulfonamides is 1. The lowest BCUT2D eigenvalue weighted by atomic mass is 10.0. The molecule has 0 aliphatic carbocycles. The maximum absolute atomic E-state index is 12.6. The van der Waals surface area contributed by atoms with Crippen LogP contribution in [0.5, 0.6) is 0 Å². The Hall–Kier alpha value is -1.65. The highest BCUT2D eigenvalue weighted by atomic mass is 32.2. The van der Waals surface area contributed by atoms with Crippen LogP contribution in [0.3, 0.4) is 0 Å². The molecule has 1 N–H and O–H groups in total. The number of rotatable bonds is 8. The third kappa shape index (κ3) is 5.48. The SMILES string of the molecule is CCCC[C@@H](Cc1ccccc1)NS(=O)(=O)c1ccc(C)cc1. The fourth-order valence-electron chi connectivity index (χ4n) is 2.56. The van der Waals surface area contributed by atoms with Gasteiger partial charge in [-0.1, -0.05) is 67.8 Å². The zero-order chi connectivity index (χ0) is 16.7. The van der Waals surface area contributed by atoms with Crippen LogP contribution in [-0.4, -0.2) is 14.5 Å². The molecule has 23 heavy (non-hydrogen) atoms. The summed E-state index contributed by atoms with van der Waals surface area (Å²) in [7, 11) is -3.48. The maximum Gasteiger partial charge on any atom is 0.240 e. The third-order valence-electron chi connectivity index (χ3n) is 3.88. The van der Waals surface area contributed by atoms with E-state index in [1.54, 1.807) is 12.1 Å². The van der Waals surface area contributed by atoms with Crippen LogP contribution in [0.1, 0.15) is 37.3 Å². The van der Waals surface area contributed by atoms with Crippen molar-refractivity contribution in [3.63, 3.8) is 0 Å². The second-order valence-electron chi connectivity index (χ2n) is 5.96. The zero-order valence-electron chi connectivity index (χ0n) is 13.8. The average Bonchev–Trinajstić information content (AvgIpc) is 2.54. The molecule has 3 nitrogen and oxygen atoms in total. The molecule has 0 saturated heterocycles. The minimum atomic E-state index is -3.48. The highest BCUT2D eigenvalue weighted by molar-refractivity contribution is 7.89. The van der Waals surface area contributed by atoms with Crippen LogP contribution in [0.4, 0.5) is 0 Å². The van der Waals surface area contributed by atoms with Gasteiger partial charge in [0.2, 0.25) is 10.0 Å². The highest BCUT2D eigenvalue weighted by Gasteiger charge is 2.20. The van der Waals surface area contributed by atoms with Gasteiger partial charge in [-0.2, -0.15) is 0 Å². The Morgan fingerprint density at radius 2 is 1.65 bits per heavy atom. The summed E-state index contributed by atoms with van der Waals surface area (Å²) in [4.78, 5) is 0.331. The van der Waals surface area contributed by atoms with Crippen LogP contribution in [0, 0.1) is 6.92 Å². The Balaban J connectivity index is 2.14. The Bertz CT molecular complexity index is 694. The van der Waals surface area contributed by atoms with Gasteiger partial charge in [0.1, 0.15) is 0 Å². The molecule has 0 fully saturated rings. The summed E-state index contributed by atoms with van der Waals surface area (Å²) in [6, 6.07) is 16.9.